The Morgan fingerprint density at radius 3 is 2.81 bits per heavy atom. The number of nitrogens with zero attached hydrogens (tertiary/aromatic N) is 2. The molecule has 1 unspecified atom stereocenters. The van der Waals surface area contributed by atoms with Crippen LogP contribution in [0.4, 0.5) is 5.69 Å². The third-order valence-electron chi connectivity index (χ3n) is 3.63. The second kappa shape index (κ2) is 5.24. The number of carbonyl (C=O) groups excluding carboxylic acids is 1. The fourth-order valence-electron chi connectivity index (χ4n) is 2.56. The molecule has 2 aromatic rings. The molecule has 1 amide bonds. The summed E-state index contributed by atoms with van der Waals surface area (Å²) in [7, 11) is 0. The number of carbonyl (C=O) groups is 1. The molecule has 21 heavy (non-hydrogen) atoms. The third kappa shape index (κ3) is 2.39. The van der Waals surface area contributed by atoms with Gasteiger partial charge < -0.3 is 9.15 Å². The lowest BCUT2D eigenvalue weighted by molar-refractivity contribution is 0.0926. The lowest BCUT2D eigenvalue weighted by Gasteiger charge is -2.34. The number of anilines is 1. The van der Waals surface area contributed by atoms with Crippen LogP contribution < -0.4 is 9.64 Å². The maximum absolute atomic E-state index is 12.8. The van der Waals surface area contributed by atoms with Crippen molar-refractivity contribution in [3.63, 3.8) is 0 Å². The van der Waals surface area contributed by atoms with Crippen LogP contribution in [0.1, 0.15) is 35.5 Å². The summed E-state index contributed by atoms with van der Waals surface area (Å²) >= 11 is 0. The van der Waals surface area contributed by atoms with Gasteiger partial charge in [0, 0.05) is 6.92 Å². The molecule has 1 aromatic carbocycles. The third-order valence-corrected chi connectivity index (χ3v) is 3.63. The number of aryl methyl sites for hydroxylation is 2. The van der Waals surface area contributed by atoms with Crippen molar-refractivity contribution in [2.24, 2.45) is 0 Å². The van der Waals surface area contributed by atoms with Crippen LogP contribution in [-0.2, 0) is 0 Å². The summed E-state index contributed by atoms with van der Waals surface area (Å²) in [4.78, 5) is 18.7. The van der Waals surface area contributed by atoms with Crippen LogP contribution in [0.25, 0.3) is 0 Å². The van der Waals surface area contributed by atoms with Crippen LogP contribution in [0.5, 0.6) is 5.75 Å². The standard InChI is InChI=1S/C16H18N2O3/c1-4-12-9-18(13-7-5-6-8-14(13)21-12)16(19)15-10(2)17-11(3)20-15/h5-8,12H,4,9H2,1-3H3. The van der Waals surface area contributed by atoms with Gasteiger partial charge in [-0.15, -0.1) is 0 Å². The van der Waals surface area contributed by atoms with Crippen LogP contribution in [0.3, 0.4) is 0 Å². The van der Waals surface area contributed by atoms with Gasteiger partial charge in [0.1, 0.15) is 11.9 Å². The molecule has 0 saturated carbocycles. The van der Waals surface area contributed by atoms with E-state index in [2.05, 4.69) is 4.98 Å². The number of ether oxygens (including phenoxy) is 1. The highest BCUT2D eigenvalue weighted by Crippen LogP contribution is 2.34. The van der Waals surface area contributed by atoms with E-state index < -0.39 is 0 Å². The van der Waals surface area contributed by atoms with E-state index in [9.17, 15) is 4.79 Å². The lowest BCUT2D eigenvalue weighted by Crippen LogP contribution is -2.43. The molecular formula is C16H18N2O3. The van der Waals surface area contributed by atoms with E-state index in [4.69, 9.17) is 9.15 Å². The van der Waals surface area contributed by atoms with E-state index in [1.54, 1.807) is 18.7 Å². The van der Waals surface area contributed by atoms with Crippen molar-refractivity contribution in [1.82, 2.24) is 4.98 Å². The number of oxazole rings is 1. The van der Waals surface area contributed by atoms with Gasteiger partial charge in [-0.2, -0.15) is 0 Å². The van der Waals surface area contributed by atoms with Gasteiger partial charge >= 0.3 is 0 Å². The summed E-state index contributed by atoms with van der Waals surface area (Å²) in [6, 6.07) is 7.57. The number of rotatable bonds is 2. The number of hydrogen-bond donors (Lipinski definition) is 0. The number of benzene rings is 1. The average Bonchev–Trinajstić information content (AvgIpc) is 2.84. The largest absolute Gasteiger partial charge is 0.486 e. The molecule has 0 spiro atoms. The second-order valence-electron chi connectivity index (χ2n) is 5.18. The molecule has 5 heteroatoms. The Morgan fingerprint density at radius 2 is 2.14 bits per heavy atom. The van der Waals surface area contributed by atoms with E-state index in [0.29, 0.717) is 23.9 Å². The zero-order valence-electron chi connectivity index (χ0n) is 12.4. The first kappa shape index (κ1) is 13.7. The van der Waals surface area contributed by atoms with Crippen molar-refractivity contribution < 1.29 is 13.9 Å². The Labute approximate surface area is 123 Å². The van der Waals surface area contributed by atoms with Crippen molar-refractivity contribution in [3.05, 3.63) is 41.6 Å². The Kier molecular flexibility index (Phi) is 3.41. The Balaban J connectivity index is 2.01. The SMILES string of the molecule is CCC1CN(C(=O)c2oc(C)nc2C)c2ccccc2O1. The van der Waals surface area contributed by atoms with Gasteiger partial charge in [0.2, 0.25) is 5.76 Å². The number of aromatic nitrogens is 1. The molecule has 1 aliphatic heterocycles. The van der Waals surface area contributed by atoms with E-state index in [0.717, 1.165) is 17.9 Å². The predicted octanol–water partition coefficient (Wildman–Crippen LogP) is 3.11. The Bertz CT molecular complexity index is 678. The molecular weight excluding hydrogens is 268 g/mol. The summed E-state index contributed by atoms with van der Waals surface area (Å²) in [5, 5.41) is 0. The van der Waals surface area contributed by atoms with Crippen molar-refractivity contribution in [3.8, 4) is 5.75 Å². The number of amides is 1. The summed E-state index contributed by atoms with van der Waals surface area (Å²) in [5.41, 5.74) is 1.40. The maximum atomic E-state index is 12.8. The molecule has 3 rings (SSSR count). The van der Waals surface area contributed by atoms with E-state index in [-0.39, 0.29) is 12.0 Å². The van der Waals surface area contributed by atoms with Crippen molar-refractivity contribution in [2.45, 2.75) is 33.3 Å². The van der Waals surface area contributed by atoms with Gasteiger partial charge in [-0.1, -0.05) is 19.1 Å². The predicted molar refractivity (Wildman–Crippen MR) is 78.8 cm³/mol. The fraction of sp³-hybridized carbons (Fsp3) is 0.375. The van der Waals surface area contributed by atoms with Crippen LogP contribution in [0.2, 0.25) is 0 Å². The highest BCUT2D eigenvalue weighted by Gasteiger charge is 2.32. The van der Waals surface area contributed by atoms with E-state index in [1.807, 2.05) is 31.2 Å². The Hall–Kier alpha value is -2.30. The van der Waals surface area contributed by atoms with E-state index >= 15 is 0 Å². The molecule has 0 radical (unpaired) electrons. The van der Waals surface area contributed by atoms with Crippen LogP contribution in [0, 0.1) is 13.8 Å². The monoisotopic (exact) mass is 286 g/mol. The van der Waals surface area contributed by atoms with E-state index in [1.165, 1.54) is 0 Å². The molecule has 0 bridgehead atoms. The van der Waals surface area contributed by atoms with Gasteiger partial charge in [0.05, 0.1) is 17.9 Å². The molecule has 110 valence electrons. The van der Waals surface area contributed by atoms with Gasteiger partial charge in [0.15, 0.2) is 5.89 Å². The van der Waals surface area contributed by atoms with Crippen molar-refractivity contribution in [1.29, 1.82) is 0 Å². The number of hydrogen-bond acceptors (Lipinski definition) is 4. The highest BCUT2D eigenvalue weighted by atomic mass is 16.5. The summed E-state index contributed by atoms with van der Waals surface area (Å²) in [5.74, 6) is 1.38. The lowest BCUT2D eigenvalue weighted by atomic mass is 10.1. The zero-order valence-corrected chi connectivity index (χ0v) is 12.4. The summed E-state index contributed by atoms with van der Waals surface area (Å²) in [6.45, 7) is 6.09. The maximum Gasteiger partial charge on any atom is 0.296 e. The quantitative estimate of drug-likeness (QED) is 0.851. The molecule has 2 heterocycles. The molecule has 1 atom stereocenters. The minimum Gasteiger partial charge on any atom is -0.486 e. The normalized spacial score (nSPS) is 17.3. The average molecular weight is 286 g/mol. The van der Waals surface area contributed by atoms with Gasteiger partial charge in [-0.3, -0.25) is 9.69 Å². The Morgan fingerprint density at radius 1 is 1.38 bits per heavy atom. The van der Waals surface area contributed by atoms with Crippen molar-refractivity contribution in [2.75, 3.05) is 11.4 Å². The number of fused-ring (bicyclic) bond motifs is 1. The van der Waals surface area contributed by atoms with Crippen LogP contribution in [-0.4, -0.2) is 23.5 Å². The topological polar surface area (TPSA) is 55.6 Å². The summed E-state index contributed by atoms with van der Waals surface area (Å²) < 4.78 is 11.4. The molecule has 0 N–H and O–H groups in total. The highest BCUT2D eigenvalue weighted by molar-refractivity contribution is 6.06. The van der Waals surface area contributed by atoms with Gasteiger partial charge in [-0.25, -0.2) is 4.98 Å². The molecule has 0 fully saturated rings. The fourth-order valence-corrected chi connectivity index (χ4v) is 2.56. The molecule has 1 aromatic heterocycles. The first-order valence-corrected chi connectivity index (χ1v) is 7.11. The minimum atomic E-state index is -0.165. The second-order valence-corrected chi connectivity index (χ2v) is 5.18. The summed E-state index contributed by atoms with van der Waals surface area (Å²) in [6.07, 6.45) is 0.833. The molecule has 0 aliphatic carbocycles. The first-order chi connectivity index (χ1) is 10.1. The molecule has 0 saturated heterocycles. The van der Waals surface area contributed by atoms with Crippen LogP contribution in [0.15, 0.2) is 28.7 Å². The van der Waals surface area contributed by atoms with Gasteiger partial charge in [0.25, 0.3) is 5.91 Å². The number of para-hydroxylation sites is 2. The van der Waals surface area contributed by atoms with Crippen LogP contribution >= 0.6 is 0 Å². The van der Waals surface area contributed by atoms with Gasteiger partial charge in [-0.05, 0) is 25.5 Å². The first-order valence-electron chi connectivity index (χ1n) is 7.11. The molecule has 5 nitrogen and oxygen atoms in total. The smallest absolute Gasteiger partial charge is 0.296 e. The molecule has 1 aliphatic rings. The van der Waals surface area contributed by atoms with Crippen molar-refractivity contribution >= 4 is 11.6 Å². The zero-order chi connectivity index (χ0) is 15.0. The minimum absolute atomic E-state index is 0.00632.